The molecule has 0 atom stereocenters. The zero-order chi connectivity index (χ0) is 22.5. The summed E-state index contributed by atoms with van der Waals surface area (Å²) in [5, 5.41) is 27.1. The summed E-state index contributed by atoms with van der Waals surface area (Å²) in [5.74, 6) is -1.28. The molecule has 1 heterocycles. The Balaban J connectivity index is 1.81. The van der Waals surface area contributed by atoms with Gasteiger partial charge in [-0.15, -0.1) is 0 Å². The first-order valence-electron chi connectivity index (χ1n) is 8.69. The molecule has 0 fully saturated rings. The van der Waals surface area contributed by atoms with E-state index in [2.05, 4.69) is 10.4 Å². The number of carbonyl (C=O) groups excluding carboxylic acids is 1. The third kappa shape index (κ3) is 5.93. The van der Waals surface area contributed by atoms with Crippen LogP contribution in [0, 0.1) is 10.1 Å². The number of non-ortho nitro benzene ring substituents is 1. The highest BCUT2D eigenvalue weighted by Crippen LogP contribution is 2.34. The van der Waals surface area contributed by atoms with Gasteiger partial charge >= 0.3 is 5.97 Å². The second kappa shape index (κ2) is 9.45. The molecular formula is C19H14Cl2N4O6. The van der Waals surface area contributed by atoms with Crippen molar-refractivity contribution in [3.8, 4) is 11.5 Å². The first-order chi connectivity index (χ1) is 14.7. The number of amides is 1. The van der Waals surface area contributed by atoms with Crippen molar-refractivity contribution in [1.29, 1.82) is 0 Å². The standard InChI is InChI=1S/C19H14Cl2N4O6/c20-12-1-2-17(16(21)5-12)31-15-7-13(6-14(8-15)25(29)30)23-19(28)11-9-22-24(10-11)4-3-18(26)27/h1-2,5-10H,3-4H2,(H,23,28)(H,26,27). The average molecular weight is 465 g/mol. The lowest BCUT2D eigenvalue weighted by Crippen LogP contribution is -2.11. The summed E-state index contributed by atoms with van der Waals surface area (Å²) >= 11 is 11.9. The van der Waals surface area contributed by atoms with E-state index in [1.165, 1.54) is 47.4 Å². The quantitative estimate of drug-likeness (QED) is 0.366. The van der Waals surface area contributed by atoms with Crippen molar-refractivity contribution >= 4 is 46.5 Å². The topological polar surface area (TPSA) is 137 Å². The predicted molar refractivity (Wildman–Crippen MR) is 112 cm³/mol. The van der Waals surface area contributed by atoms with Crippen molar-refractivity contribution in [2.75, 3.05) is 5.32 Å². The number of anilines is 1. The number of nitrogens with zero attached hydrogens (tertiary/aromatic N) is 3. The van der Waals surface area contributed by atoms with Crippen LogP contribution < -0.4 is 10.1 Å². The monoisotopic (exact) mass is 464 g/mol. The Labute approximate surface area is 185 Å². The van der Waals surface area contributed by atoms with Crippen LogP contribution in [0.4, 0.5) is 11.4 Å². The molecule has 0 aliphatic rings. The molecule has 160 valence electrons. The molecule has 0 saturated carbocycles. The number of nitro groups is 1. The van der Waals surface area contributed by atoms with Gasteiger partial charge in [0, 0.05) is 23.4 Å². The van der Waals surface area contributed by atoms with Crippen molar-refractivity contribution in [2.24, 2.45) is 0 Å². The molecule has 0 saturated heterocycles. The van der Waals surface area contributed by atoms with Crippen LogP contribution in [0.1, 0.15) is 16.8 Å². The minimum Gasteiger partial charge on any atom is -0.481 e. The smallest absolute Gasteiger partial charge is 0.305 e. The summed E-state index contributed by atoms with van der Waals surface area (Å²) in [6.45, 7) is 0.0965. The molecule has 2 aromatic carbocycles. The van der Waals surface area contributed by atoms with E-state index in [1.807, 2.05) is 0 Å². The third-order valence-electron chi connectivity index (χ3n) is 3.93. The Hall–Kier alpha value is -3.63. The maximum Gasteiger partial charge on any atom is 0.305 e. The van der Waals surface area contributed by atoms with E-state index in [-0.39, 0.29) is 46.4 Å². The molecule has 3 rings (SSSR count). The number of carboxylic acid groups (broad SMARTS) is 1. The van der Waals surface area contributed by atoms with Gasteiger partial charge in [-0.25, -0.2) is 0 Å². The molecule has 0 aliphatic carbocycles. The summed E-state index contributed by atoms with van der Waals surface area (Å²) in [6, 6.07) is 8.26. The molecule has 0 aliphatic heterocycles. The van der Waals surface area contributed by atoms with E-state index in [0.29, 0.717) is 5.02 Å². The zero-order valence-electron chi connectivity index (χ0n) is 15.6. The molecule has 0 radical (unpaired) electrons. The van der Waals surface area contributed by atoms with Gasteiger partial charge in [0.25, 0.3) is 11.6 Å². The van der Waals surface area contributed by atoms with E-state index in [4.69, 9.17) is 33.0 Å². The molecule has 0 unspecified atom stereocenters. The summed E-state index contributed by atoms with van der Waals surface area (Å²) in [4.78, 5) is 33.8. The first-order valence-corrected chi connectivity index (χ1v) is 9.45. The van der Waals surface area contributed by atoms with Crippen LogP contribution in [-0.2, 0) is 11.3 Å². The SMILES string of the molecule is O=C(O)CCn1cc(C(=O)Nc2cc(Oc3ccc(Cl)cc3Cl)cc([N+](=O)[O-])c2)cn1. The van der Waals surface area contributed by atoms with Crippen LogP contribution in [-0.4, -0.2) is 31.7 Å². The number of aryl methyl sites for hydroxylation is 1. The van der Waals surface area contributed by atoms with Gasteiger partial charge in [-0.1, -0.05) is 23.2 Å². The maximum atomic E-state index is 12.5. The summed E-state index contributed by atoms with van der Waals surface area (Å²) in [5.41, 5.74) is -0.0484. The number of aliphatic carboxylic acids is 1. The van der Waals surface area contributed by atoms with Crippen molar-refractivity contribution in [3.63, 3.8) is 0 Å². The fourth-order valence-electron chi connectivity index (χ4n) is 2.52. The fourth-order valence-corrected chi connectivity index (χ4v) is 2.97. The van der Waals surface area contributed by atoms with Crippen LogP contribution in [0.15, 0.2) is 48.8 Å². The molecule has 1 aromatic heterocycles. The molecule has 10 nitrogen and oxygen atoms in total. The van der Waals surface area contributed by atoms with Crippen LogP contribution in [0.3, 0.4) is 0 Å². The number of benzene rings is 2. The van der Waals surface area contributed by atoms with Crippen LogP contribution >= 0.6 is 23.2 Å². The number of carboxylic acids is 1. The number of rotatable bonds is 8. The Morgan fingerprint density at radius 2 is 2.00 bits per heavy atom. The zero-order valence-corrected chi connectivity index (χ0v) is 17.1. The fraction of sp³-hybridized carbons (Fsp3) is 0.105. The van der Waals surface area contributed by atoms with Crippen LogP contribution in [0.25, 0.3) is 0 Å². The van der Waals surface area contributed by atoms with Gasteiger partial charge < -0.3 is 15.2 Å². The van der Waals surface area contributed by atoms with Gasteiger partial charge in [0.05, 0.1) is 46.4 Å². The number of hydrogen-bond acceptors (Lipinski definition) is 6. The molecule has 31 heavy (non-hydrogen) atoms. The van der Waals surface area contributed by atoms with Gasteiger partial charge in [0.1, 0.15) is 11.5 Å². The van der Waals surface area contributed by atoms with Gasteiger partial charge in [-0.05, 0) is 18.2 Å². The van der Waals surface area contributed by atoms with Crippen molar-refractivity contribution in [1.82, 2.24) is 9.78 Å². The van der Waals surface area contributed by atoms with Gasteiger partial charge in [-0.2, -0.15) is 5.10 Å². The lowest BCUT2D eigenvalue weighted by Gasteiger charge is -2.10. The van der Waals surface area contributed by atoms with Crippen LogP contribution in [0.2, 0.25) is 10.0 Å². The Morgan fingerprint density at radius 1 is 1.23 bits per heavy atom. The Bertz CT molecular complexity index is 1160. The van der Waals surface area contributed by atoms with E-state index >= 15 is 0 Å². The molecule has 12 heteroatoms. The Morgan fingerprint density at radius 3 is 2.68 bits per heavy atom. The number of halogens is 2. The number of carbonyl (C=O) groups is 2. The number of hydrogen-bond donors (Lipinski definition) is 2. The number of nitrogens with one attached hydrogen (secondary N) is 1. The predicted octanol–water partition coefficient (Wildman–Crippen LogP) is 4.62. The molecule has 0 bridgehead atoms. The minimum absolute atomic E-state index is 0.0749. The van der Waals surface area contributed by atoms with Gasteiger partial charge in [0.2, 0.25) is 0 Å². The summed E-state index contributed by atoms with van der Waals surface area (Å²) < 4.78 is 6.94. The molecule has 2 N–H and O–H groups in total. The van der Waals surface area contributed by atoms with E-state index in [0.717, 1.165) is 0 Å². The Kier molecular flexibility index (Phi) is 6.73. The number of ether oxygens (including phenoxy) is 1. The number of aromatic nitrogens is 2. The maximum absolute atomic E-state index is 12.5. The average Bonchev–Trinajstić information content (AvgIpc) is 3.17. The van der Waals surface area contributed by atoms with E-state index < -0.39 is 16.8 Å². The molecular weight excluding hydrogens is 451 g/mol. The van der Waals surface area contributed by atoms with Crippen LogP contribution in [0.5, 0.6) is 11.5 Å². The largest absolute Gasteiger partial charge is 0.481 e. The summed E-state index contributed by atoms with van der Waals surface area (Å²) in [6.07, 6.45) is 2.49. The second-order valence-corrected chi connectivity index (χ2v) is 7.08. The molecule has 0 spiro atoms. The lowest BCUT2D eigenvalue weighted by molar-refractivity contribution is -0.384. The highest BCUT2D eigenvalue weighted by Gasteiger charge is 2.16. The third-order valence-corrected chi connectivity index (χ3v) is 4.46. The molecule has 1 amide bonds. The van der Waals surface area contributed by atoms with Crippen molar-refractivity contribution in [3.05, 3.63) is 74.5 Å². The number of nitro benzene ring substituents is 1. The first kappa shape index (κ1) is 22.1. The molecule has 3 aromatic rings. The van der Waals surface area contributed by atoms with E-state index in [9.17, 15) is 19.7 Å². The normalized spacial score (nSPS) is 10.5. The minimum atomic E-state index is -0.994. The van der Waals surface area contributed by atoms with Crippen molar-refractivity contribution < 1.29 is 24.4 Å². The second-order valence-electron chi connectivity index (χ2n) is 6.24. The van der Waals surface area contributed by atoms with Crippen molar-refractivity contribution in [2.45, 2.75) is 13.0 Å². The van der Waals surface area contributed by atoms with E-state index in [1.54, 1.807) is 6.07 Å². The highest BCUT2D eigenvalue weighted by atomic mass is 35.5. The summed E-state index contributed by atoms with van der Waals surface area (Å²) in [7, 11) is 0. The van der Waals surface area contributed by atoms with Gasteiger partial charge in [-0.3, -0.25) is 24.4 Å². The lowest BCUT2D eigenvalue weighted by atomic mass is 10.2. The van der Waals surface area contributed by atoms with Gasteiger partial charge in [0.15, 0.2) is 0 Å². The highest BCUT2D eigenvalue weighted by molar-refractivity contribution is 6.35.